The minimum absolute atomic E-state index is 0.356. The third-order valence-corrected chi connectivity index (χ3v) is 3.06. The van der Waals surface area contributed by atoms with E-state index >= 15 is 0 Å². The van der Waals surface area contributed by atoms with E-state index in [2.05, 4.69) is 4.90 Å². The first kappa shape index (κ1) is 13.0. The summed E-state index contributed by atoms with van der Waals surface area (Å²) in [7, 11) is 0. The molecule has 3 N–H and O–H groups in total. The van der Waals surface area contributed by atoms with Crippen LogP contribution < -0.4 is 5.73 Å². The molecular formula is C13H18N2O3. The fourth-order valence-electron chi connectivity index (χ4n) is 2.14. The van der Waals surface area contributed by atoms with Crippen LogP contribution in [0.5, 0.6) is 0 Å². The smallest absolute Gasteiger partial charge is 0.335 e. The van der Waals surface area contributed by atoms with Gasteiger partial charge in [0.2, 0.25) is 0 Å². The van der Waals surface area contributed by atoms with E-state index in [1.807, 2.05) is 6.07 Å². The van der Waals surface area contributed by atoms with Crippen molar-refractivity contribution in [2.45, 2.75) is 13.1 Å². The Hall–Kier alpha value is -1.43. The molecule has 5 nitrogen and oxygen atoms in total. The molecule has 1 aromatic carbocycles. The van der Waals surface area contributed by atoms with Crippen LogP contribution in [-0.4, -0.2) is 42.3 Å². The van der Waals surface area contributed by atoms with Gasteiger partial charge >= 0.3 is 5.97 Å². The summed E-state index contributed by atoms with van der Waals surface area (Å²) in [5.41, 5.74) is 8.01. The molecule has 0 saturated heterocycles. The number of carbonyl (C=O) groups is 1. The molecular weight excluding hydrogens is 232 g/mol. The monoisotopic (exact) mass is 250 g/mol. The van der Waals surface area contributed by atoms with Crippen molar-refractivity contribution in [2.24, 2.45) is 5.73 Å². The van der Waals surface area contributed by atoms with Gasteiger partial charge in [-0.1, -0.05) is 6.07 Å². The number of ether oxygens (including phenoxy) is 1. The lowest BCUT2D eigenvalue weighted by molar-refractivity contribution is 0.0696. The highest BCUT2D eigenvalue weighted by Crippen LogP contribution is 2.23. The van der Waals surface area contributed by atoms with E-state index in [0.717, 1.165) is 25.2 Å². The van der Waals surface area contributed by atoms with Crippen LogP contribution >= 0.6 is 0 Å². The molecule has 18 heavy (non-hydrogen) atoms. The highest BCUT2D eigenvalue weighted by molar-refractivity contribution is 5.87. The molecule has 0 fully saturated rings. The Bertz CT molecular complexity index is 434. The third kappa shape index (κ3) is 3.07. The Morgan fingerprint density at radius 2 is 2.11 bits per heavy atom. The highest BCUT2D eigenvalue weighted by Gasteiger charge is 2.19. The summed E-state index contributed by atoms with van der Waals surface area (Å²) < 4.78 is 5.34. The molecule has 0 bridgehead atoms. The average molecular weight is 250 g/mol. The zero-order valence-corrected chi connectivity index (χ0v) is 10.3. The molecule has 0 saturated carbocycles. The van der Waals surface area contributed by atoms with Gasteiger partial charge in [0.25, 0.3) is 0 Å². The van der Waals surface area contributed by atoms with Gasteiger partial charge < -0.3 is 15.6 Å². The van der Waals surface area contributed by atoms with Crippen LogP contribution in [0.1, 0.15) is 21.5 Å². The second-order valence-electron chi connectivity index (χ2n) is 4.40. The number of hydrogen-bond acceptors (Lipinski definition) is 4. The number of nitrogens with two attached hydrogens (primary N) is 1. The highest BCUT2D eigenvalue weighted by atomic mass is 16.5. The van der Waals surface area contributed by atoms with Gasteiger partial charge in [0, 0.05) is 26.2 Å². The molecule has 1 aliphatic rings. The van der Waals surface area contributed by atoms with Crippen molar-refractivity contribution in [3.63, 3.8) is 0 Å². The lowest BCUT2D eigenvalue weighted by Crippen LogP contribution is -2.23. The van der Waals surface area contributed by atoms with Crippen molar-refractivity contribution in [2.75, 3.05) is 26.3 Å². The lowest BCUT2D eigenvalue weighted by atomic mass is 10.1. The van der Waals surface area contributed by atoms with Crippen LogP contribution in [-0.2, 0) is 17.8 Å². The Morgan fingerprint density at radius 1 is 1.33 bits per heavy atom. The summed E-state index contributed by atoms with van der Waals surface area (Å²) in [5, 5.41) is 8.94. The first-order chi connectivity index (χ1) is 8.70. The number of fused-ring (bicyclic) bond motifs is 1. The summed E-state index contributed by atoms with van der Waals surface area (Å²) >= 11 is 0. The molecule has 0 spiro atoms. The number of carboxylic acids is 1. The summed E-state index contributed by atoms with van der Waals surface area (Å²) in [6.45, 7) is 4.30. The van der Waals surface area contributed by atoms with Crippen LogP contribution in [0.2, 0.25) is 0 Å². The Balaban J connectivity index is 1.89. The van der Waals surface area contributed by atoms with Crippen molar-refractivity contribution < 1.29 is 14.6 Å². The van der Waals surface area contributed by atoms with Crippen LogP contribution in [0.3, 0.4) is 0 Å². The quantitative estimate of drug-likeness (QED) is 0.726. The van der Waals surface area contributed by atoms with Crippen LogP contribution in [0.4, 0.5) is 0 Å². The van der Waals surface area contributed by atoms with E-state index in [4.69, 9.17) is 15.6 Å². The number of carboxylic acid groups (broad SMARTS) is 1. The van der Waals surface area contributed by atoms with Crippen molar-refractivity contribution in [3.05, 3.63) is 34.9 Å². The van der Waals surface area contributed by atoms with Gasteiger partial charge in [0.05, 0.1) is 18.8 Å². The molecule has 1 heterocycles. The van der Waals surface area contributed by atoms with Gasteiger partial charge in [-0.15, -0.1) is 0 Å². The van der Waals surface area contributed by atoms with E-state index in [1.54, 1.807) is 12.1 Å². The Kier molecular flexibility index (Phi) is 4.30. The summed E-state index contributed by atoms with van der Waals surface area (Å²) in [4.78, 5) is 13.1. The van der Waals surface area contributed by atoms with E-state index in [1.165, 1.54) is 5.56 Å². The molecule has 2 rings (SSSR count). The number of nitrogens with zero attached hydrogens (tertiary/aromatic N) is 1. The summed E-state index contributed by atoms with van der Waals surface area (Å²) in [6, 6.07) is 5.33. The molecule has 0 unspecified atom stereocenters. The van der Waals surface area contributed by atoms with E-state index in [-0.39, 0.29) is 0 Å². The van der Waals surface area contributed by atoms with Gasteiger partial charge in [-0.05, 0) is 23.3 Å². The van der Waals surface area contributed by atoms with Crippen LogP contribution in [0.25, 0.3) is 0 Å². The van der Waals surface area contributed by atoms with Crippen molar-refractivity contribution in [3.8, 4) is 0 Å². The number of hydrogen-bond donors (Lipinski definition) is 2. The van der Waals surface area contributed by atoms with E-state index in [0.29, 0.717) is 25.3 Å². The Labute approximate surface area is 106 Å². The van der Waals surface area contributed by atoms with Crippen LogP contribution in [0, 0.1) is 0 Å². The zero-order valence-electron chi connectivity index (χ0n) is 10.3. The number of benzene rings is 1. The number of rotatable bonds is 6. The average Bonchev–Trinajstić information content (AvgIpc) is 2.76. The molecule has 1 aromatic rings. The van der Waals surface area contributed by atoms with Crippen molar-refractivity contribution in [1.82, 2.24) is 4.90 Å². The molecule has 5 heteroatoms. The number of aromatic carboxylic acids is 1. The molecule has 1 aliphatic heterocycles. The second-order valence-corrected chi connectivity index (χ2v) is 4.40. The fourth-order valence-corrected chi connectivity index (χ4v) is 2.14. The lowest BCUT2D eigenvalue weighted by Gasteiger charge is -2.14. The van der Waals surface area contributed by atoms with Gasteiger partial charge in [0.1, 0.15) is 0 Å². The first-order valence-corrected chi connectivity index (χ1v) is 6.06. The molecule has 0 aromatic heterocycles. The minimum Gasteiger partial charge on any atom is -0.478 e. The predicted octanol–water partition coefficient (Wildman–Crippen LogP) is 0.676. The Morgan fingerprint density at radius 3 is 2.83 bits per heavy atom. The maximum atomic E-state index is 10.9. The van der Waals surface area contributed by atoms with Gasteiger partial charge in [-0.25, -0.2) is 4.79 Å². The van der Waals surface area contributed by atoms with E-state index in [9.17, 15) is 4.79 Å². The zero-order chi connectivity index (χ0) is 13.0. The fraction of sp³-hybridized carbons (Fsp3) is 0.462. The van der Waals surface area contributed by atoms with Gasteiger partial charge in [0.15, 0.2) is 0 Å². The normalized spacial score (nSPS) is 14.7. The summed E-state index contributed by atoms with van der Waals surface area (Å²) in [6.07, 6.45) is 0. The van der Waals surface area contributed by atoms with Crippen LogP contribution in [0.15, 0.2) is 18.2 Å². The second kappa shape index (κ2) is 5.95. The molecule has 98 valence electrons. The third-order valence-electron chi connectivity index (χ3n) is 3.06. The molecule has 0 radical (unpaired) electrons. The largest absolute Gasteiger partial charge is 0.478 e. The van der Waals surface area contributed by atoms with Crippen molar-refractivity contribution >= 4 is 5.97 Å². The van der Waals surface area contributed by atoms with Crippen molar-refractivity contribution in [1.29, 1.82) is 0 Å². The van der Waals surface area contributed by atoms with Gasteiger partial charge in [-0.2, -0.15) is 0 Å². The summed E-state index contributed by atoms with van der Waals surface area (Å²) in [5.74, 6) is -0.873. The van der Waals surface area contributed by atoms with Gasteiger partial charge in [-0.3, -0.25) is 4.90 Å². The predicted molar refractivity (Wildman–Crippen MR) is 67.4 cm³/mol. The maximum absolute atomic E-state index is 10.9. The minimum atomic E-state index is -0.873. The van der Waals surface area contributed by atoms with E-state index < -0.39 is 5.97 Å². The SMILES string of the molecule is NCCOCCN1Cc2ccc(C(=O)O)cc2C1. The maximum Gasteiger partial charge on any atom is 0.335 e. The standard InChI is InChI=1S/C13H18N2O3/c14-3-5-18-6-4-15-8-11-2-1-10(13(16)17)7-12(11)9-15/h1-2,7H,3-6,8-9,14H2,(H,16,17). The first-order valence-electron chi connectivity index (χ1n) is 6.06. The topological polar surface area (TPSA) is 75.8 Å². The molecule has 0 atom stereocenters. The molecule has 0 aliphatic carbocycles. The molecule has 0 amide bonds.